The molecular weight excluding hydrogens is 483 g/mol. The molecule has 1 aromatic heterocycles. The lowest BCUT2D eigenvalue weighted by Gasteiger charge is -2.25. The first-order chi connectivity index (χ1) is 16.6. The van der Waals surface area contributed by atoms with E-state index < -0.39 is 26.8 Å². The molecule has 0 atom stereocenters. The van der Waals surface area contributed by atoms with Gasteiger partial charge >= 0.3 is 16.3 Å². The minimum absolute atomic E-state index is 0.00167. The molecule has 1 saturated carbocycles. The maximum atomic E-state index is 13.2. The van der Waals surface area contributed by atoms with E-state index in [2.05, 4.69) is 0 Å². The molecule has 0 N–H and O–H groups in total. The van der Waals surface area contributed by atoms with Crippen LogP contribution in [-0.4, -0.2) is 19.2 Å². The number of carbonyl (C=O) groups excluding carboxylic acids is 1. The number of halogens is 3. The van der Waals surface area contributed by atoms with Crippen molar-refractivity contribution in [3.05, 3.63) is 83.8 Å². The van der Waals surface area contributed by atoms with Crippen molar-refractivity contribution in [2.75, 3.05) is 0 Å². The number of furan rings is 1. The molecule has 35 heavy (non-hydrogen) atoms. The van der Waals surface area contributed by atoms with E-state index in [1.54, 1.807) is 29.2 Å². The molecule has 0 aliphatic heterocycles. The van der Waals surface area contributed by atoms with Crippen LogP contribution in [0.1, 0.15) is 42.6 Å². The number of benzene rings is 2. The van der Waals surface area contributed by atoms with Crippen molar-refractivity contribution in [2.45, 2.75) is 49.8 Å². The molecule has 1 amide bonds. The van der Waals surface area contributed by atoms with E-state index in [1.807, 2.05) is 0 Å². The van der Waals surface area contributed by atoms with Crippen molar-refractivity contribution < 1.29 is 35.0 Å². The Labute approximate surface area is 201 Å². The summed E-state index contributed by atoms with van der Waals surface area (Å²) < 4.78 is 74.8. The van der Waals surface area contributed by atoms with E-state index in [-0.39, 0.29) is 30.7 Å². The van der Waals surface area contributed by atoms with Crippen LogP contribution >= 0.6 is 0 Å². The molecule has 0 unspecified atom stereocenters. The van der Waals surface area contributed by atoms with Gasteiger partial charge in [0.15, 0.2) is 0 Å². The Morgan fingerprint density at radius 3 is 2.43 bits per heavy atom. The van der Waals surface area contributed by atoms with Gasteiger partial charge in [-0.05, 0) is 60.9 Å². The third kappa shape index (κ3) is 6.25. The zero-order valence-corrected chi connectivity index (χ0v) is 19.5. The molecule has 6 nitrogen and oxygen atoms in total. The van der Waals surface area contributed by atoms with Crippen LogP contribution in [0.15, 0.2) is 76.2 Å². The van der Waals surface area contributed by atoms with Crippen LogP contribution in [0.3, 0.4) is 0 Å². The van der Waals surface area contributed by atoms with Crippen molar-refractivity contribution in [3.8, 4) is 5.75 Å². The first-order valence-electron chi connectivity index (χ1n) is 11.1. The second kappa shape index (κ2) is 10.2. The standard InChI is InChI=1S/C25H24F3NO5S/c26-25(27,28)20-9-4-12-23(15-20)35(31,32)34-21-10-3-6-18(14-21)16-29(17-22-11-5-13-33-22)24(30)19-7-1-2-8-19/h3-6,9-15,19H,1-2,7-8,16-17H2. The largest absolute Gasteiger partial charge is 0.467 e. The molecule has 1 heterocycles. The van der Waals surface area contributed by atoms with Crippen LogP contribution < -0.4 is 4.18 Å². The number of amides is 1. The fourth-order valence-electron chi connectivity index (χ4n) is 4.15. The molecular formula is C25H24F3NO5S. The molecule has 0 saturated heterocycles. The number of hydrogen-bond donors (Lipinski definition) is 0. The lowest BCUT2D eigenvalue weighted by molar-refractivity contribution is -0.138. The van der Waals surface area contributed by atoms with Gasteiger partial charge in [0.2, 0.25) is 5.91 Å². The summed E-state index contributed by atoms with van der Waals surface area (Å²) in [5, 5.41) is 0. The summed E-state index contributed by atoms with van der Waals surface area (Å²) in [5.41, 5.74) is -0.477. The van der Waals surface area contributed by atoms with Crippen molar-refractivity contribution in [1.82, 2.24) is 4.90 Å². The third-order valence-corrected chi connectivity index (χ3v) is 7.11. The molecule has 2 aromatic carbocycles. The zero-order valence-electron chi connectivity index (χ0n) is 18.7. The molecule has 0 radical (unpaired) electrons. The highest BCUT2D eigenvalue weighted by atomic mass is 32.2. The summed E-state index contributed by atoms with van der Waals surface area (Å²) in [6.45, 7) is 0.451. The second-order valence-corrected chi connectivity index (χ2v) is 10.0. The lowest BCUT2D eigenvalue weighted by Crippen LogP contribution is -2.34. The Hall–Kier alpha value is -3.27. The lowest BCUT2D eigenvalue weighted by atomic mass is 10.1. The summed E-state index contributed by atoms with van der Waals surface area (Å²) >= 11 is 0. The fraction of sp³-hybridized carbons (Fsp3) is 0.320. The predicted molar refractivity (Wildman–Crippen MR) is 121 cm³/mol. The Morgan fingerprint density at radius 1 is 1.00 bits per heavy atom. The van der Waals surface area contributed by atoms with Crippen LogP contribution in [0.2, 0.25) is 0 Å². The third-order valence-electron chi connectivity index (χ3n) is 5.87. The summed E-state index contributed by atoms with van der Waals surface area (Å²) in [7, 11) is -4.51. The SMILES string of the molecule is O=C(C1CCCC1)N(Cc1cccc(OS(=O)(=O)c2cccc(C(F)(F)F)c2)c1)Cc1ccco1. The summed E-state index contributed by atoms with van der Waals surface area (Å²) in [6, 6.07) is 13.0. The quantitative estimate of drug-likeness (QED) is 0.361. The van der Waals surface area contributed by atoms with Gasteiger partial charge in [0.25, 0.3) is 0 Å². The van der Waals surface area contributed by atoms with Crippen LogP contribution in [0, 0.1) is 5.92 Å². The monoisotopic (exact) mass is 507 g/mol. The molecule has 10 heteroatoms. The Balaban J connectivity index is 1.53. The molecule has 1 aliphatic carbocycles. The maximum Gasteiger partial charge on any atom is 0.416 e. The van der Waals surface area contributed by atoms with Gasteiger partial charge < -0.3 is 13.5 Å². The number of hydrogen-bond acceptors (Lipinski definition) is 5. The van der Waals surface area contributed by atoms with E-state index in [4.69, 9.17) is 8.60 Å². The van der Waals surface area contributed by atoms with Gasteiger partial charge in [0.1, 0.15) is 16.4 Å². The highest BCUT2D eigenvalue weighted by Gasteiger charge is 2.32. The molecule has 1 aliphatic rings. The van der Waals surface area contributed by atoms with Crippen LogP contribution in [0.4, 0.5) is 13.2 Å². The van der Waals surface area contributed by atoms with E-state index in [1.165, 1.54) is 18.4 Å². The highest BCUT2D eigenvalue weighted by molar-refractivity contribution is 7.87. The minimum atomic E-state index is -4.69. The molecule has 0 bridgehead atoms. The van der Waals surface area contributed by atoms with Crippen LogP contribution in [-0.2, 0) is 34.2 Å². The van der Waals surface area contributed by atoms with E-state index in [0.29, 0.717) is 17.4 Å². The highest BCUT2D eigenvalue weighted by Crippen LogP contribution is 2.32. The Kier molecular flexibility index (Phi) is 7.20. The summed E-state index contributed by atoms with van der Waals surface area (Å²) in [5.74, 6) is 0.495. The molecule has 4 rings (SSSR count). The maximum absolute atomic E-state index is 13.2. The first kappa shape index (κ1) is 24.8. The van der Waals surface area contributed by atoms with Crippen molar-refractivity contribution >= 4 is 16.0 Å². The van der Waals surface area contributed by atoms with Crippen LogP contribution in [0.25, 0.3) is 0 Å². The predicted octanol–water partition coefficient (Wildman–Crippen LogP) is 5.79. The van der Waals surface area contributed by atoms with Crippen molar-refractivity contribution in [1.29, 1.82) is 0 Å². The van der Waals surface area contributed by atoms with Gasteiger partial charge in [0, 0.05) is 12.5 Å². The number of rotatable bonds is 8. The summed E-state index contributed by atoms with van der Waals surface area (Å²) in [6.07, 6.45) is 0.497. The van der Waals surface area contributed by atoms with Gasteiger partial charge in [-0.1, -0.05) is 31.0 Å². The molecule has 186 valence electrons. The number of carbonyl (C=O) groups is 1. The Bertz CT molecular complexity index is 1270. The average Bonchev–Trinajstić information content (AvgIpc) is 3.52. The normalized spacial score (nSPS) is 14.7. The van der Waals surface area contributed by atoms with Crippen molar-refractivity contribution in [2.24, 2.45) is 5.92 Å². The van der Waals surface area contributed by atoms with E-state index in [9.17, 15) is 26.4 Å². The fourth-order valence-corrected chi connectivity index (χ4v) is 5.12. The number of nitrogens with zero attached hydrogens (tertiary/aromatic N) is 1. The van der Waals surface area contributed by atoms with E-state index >= 15 is 0 Å². The van der Waals surface area contributed by atoms with Crippen LogP contribution in [0.5, 0.6) is 5.75 Å². The molecule has 0 spiro atoms. The van der Waals surface area contributed by atoms with Gasteiger partial charge in [-0.3, -0.25) is 4.79 Å². The minimum Gasteiger partial charge on any atom is -0.467 e. The Morgan fingerprint density at radius 2 is 1.74 bits per heavy atom. The second-order valence-electron chi connectivity index (χ2n) is 8.47. The topological polar surface area (TPSA) is 76.8 Å². The van der Waals surface area contributed by atoms with Gasteiger partial charge in [0.05, 0.1) is 18.4 Å². The van der Waals surface area contributed by atoms with E-state index in [0.717, 1.165) is 43.9 Å². The summed E-state index contributed by atoms with van der Waals surface area (Å²) in [4.78, 5) is 14.2. The van der Waals surface area contributed by atoms with Gasteiger partial charge in [-0.15, -0.1) is 0 Å². The molecule has 3 aromatic rings. The zero-order chi connectivity index (χ0) is 25.1. The van der Waals surface area contributed by atoms with Gasteiger partial charge in [-0.2, -0.15) is 21.6 Å². The number of alkyl halides is 3. The van der Waals surface area contributed by atoms with Gasteiger partial charge in [-0.25, -0.2) is 0 Å². The average molecular weight is 508 g/mol. The first-order valence-corrected chi connectivity index (χ1v) is 12.5. The smallest absolute Gasteiger partial charge is 0.416 e. The molecule has 1 fully saturated rings. The van der Waals surface area contributed by atoms with Crippen molar-refractivity contribution in [3.63, 3.8) is 0 Å².